The average Bonchev–Trinajstić information content (AvgIpc) is 2.90. The van der Waals surface area contributed by atoms with Crippen molar-refractivity contribution in [2.24, 2.45) is 17.8 Å². The molecule has 0 unspecified atom stereocenters. The Morgan fingerprint density at radius 2 is 2.09 bits per heavy atom. The molecule has 1 aromatic heterocycles. The Balaban J connectivity index is 0.00000242. The quantitative estimate of drug-likeness (QED) is 0.329. The van der Waals surface area contributed by atoms with Crippen LogP contribution >= 0.6 is 24.0 Å². The molecular weight excluding hydrogens is 393 g/mol. The summed E-state index contributed by atoms with van der Waals surface area (Å²) in [5.74, 6) is 1.24. The lowest BCUT2D eigenvalue weighted by Crippen LogP contribution is -2.22. The fraction of sp³-hybridized carbons (Fsp3) is 0.333. The van der Waals surface area contributed by atoms with E-state index < -0.39 is 0 Å². The van der Waals surface area contributed by atoms with Gasteiger partial charge < -0.3 is 15.8 Å². The van der Waals surface area contributed by atoms with Crippen molar-refractivity contribution in [3.63, 3.8) is 0 Å². The third-order valence-electron chi connectivity index (χ3n) is 3.03. The fourth-order valence-electron chi connectivity index (χ4n) is 1.95. The van der Waals surface area contributed by atoms with Gasteiger partial charge in [-0.1, -0.05) is 0 Å². The molecule has 3 N–H and O–H groups in total. The molecule has 0 fully saturated rings. The van der Waals surface area contributed by atoms with Crippen molar-refractivity contribution < 1.29 is 4.74 Å². The van der Waals surface area contributed by atoms with Gasteiger partial charge in [0.2, 0.25) is 0 Å². The zero-order chi connectivity index (χ0) is 15.1. The van der Waals surface area contributed by atoms with Crippen molar-refractivity contribution in [1.82, 2.24) is 9.78 Å². The summed E-state index contributed by atoms with van der Waals surface area (Å²) >= 11 is 0. The number of ether oxygens (including phenoxy) is 1. The Morgan fingerprint density at radius 3 is 2.68 bits per heavy atom. The highest BCUT2D eigenvalue weighted by Crippen LogP contribution is 2.14. The molecule has 0 saturated carbocycles. The van der Waals surface area contributed by atoms with Gasteiger partial charge in [0.15, 0.2) is 5.96 Å². The number of aliphatic imine (C=N–C) groups is 1. The molecule has 0 saturated heterocycles. The van der Waals surface area contributed by atoms with Gasteiger partial charge in [-0.15, -0.1) is 24.0 Å². The van der Waals surface area contributed by atoms with Crippen LogP contribution in [0.15, 0.2) is 41.7 Å². The molecule has 0 spiro atoms. The van der Waals surface area contributed by atoms with E-state index in [1.807, 2.05) is 43.7 Å². The van der Waals surface area contributed by atoms with Gasteiger partial charge in [0.05, 0.1) is 13.3 Å². The molecule has 0 atom stereocenters. The zero-order valence-corrected chi connectivity index (χ0v) is 15.2. The summed E-state index contributed by atoms with van der Waals surface area (Å²) in [6.45, 7) is 0.684. The molecule has 2 rings (SSSR count). The SMILES string of the molecule is COc1ccc(NC(N)=NCCCc2cnn(C)c2)cc1.I. The first kappa shape index (κ1) is 18.3. The first-order valence-electron chi connectivity index (χ1n) is 6.86. The average molecular weight is 415 g/mol. The lowest BCUT2D eigenvalue weighted by Gasteiger charge is -2.06. The number of rotatable bonds is 6. The lowest BCUT2D eigenvalue weighted by atomic mass is 10.2. The predicted molar refractivity (Wildman–Crippen MR) is 100 cm³/mol. The summed E-state index contributed by atoms with van der Waals surface area (Å²) in [6, 6.07) is 7.55. The molecule has 7 heteroatoms. The number of hydrogen-bond acceptors (Lipinski definition) is 3. The van der Waals surface area contributed by atoms with Gasteiger partial charge in [0.1, 0.15) is 5.75 Å². The molecule has 1 heterocycles. The Morgan fingerprint density at radius 1 is 1.36 bits per heavy atom. The second-order valence-electron chi connectivity index (χ2n) is 4.75. The van der Waals surface area contributed by atoms with Gasteiger partial charge in [-0.05, 0) is 42.7 Å². The second kappa shape index (κ2) is 9.29. The third kappa shape index (κ3) is 5.92. The standard InChI is InChI=1S/C15H21N5O.HI/c1-20-11-12(10-18-20)4-3-9-17-15(16)19-13-5-7-14(21-2)8-6-13;/h5-8,10-11H,3-4,9H2,1-2H3,(H3,16,17,19);1H. The molecule has 2 aromatic rings. The number of anilines is 1. The molecule has 0 aliphatic rings. The minimum Gasteiger partial charge on any atom is -0.497 e. The van der Waals surface area contributed by atoms with E-state index in [9.17, 15) is 0 Å². The highest BCUT2D eigenvalue weighted by atomic mass is 127. The van der Waals surface area contributed by atoms with Gasteiger partial charge >= 0.3 is 0 Å². The van der Waals surface area contributed by atoms with Crippen molar-refractivity contribution in [3.8, 4) is 5.75 Å². The maximum absolute atomic E-state index is 5.85. The smallest absolute Gasteiger partial charge is 0.193 e. The van der Waals surface area contributed by atoms with Crippen LogP contribution in [0.4, 0.5) is 5.69 Å². The van der Waals surface area contributed by atoms with E-state index in [0.717, 1.165) is 24.3 Å². The molecule has 120 valence electrons. The Bertz CT molecular complexity index is 594. The van der Waals surface area contributed by atoms with E-state index >= 15 is 0 Å². The van der Waals surface area contributed by atoms with E-state index in [0.29, 0.717) is 12.5 Å². The third-order valence-corrected chi connectivity index (χ3v) is 3.03. The van der Waals surface area contributed by atoms with Crippen molar-refractivity contribution in [1.29, 1.82) is 0 Å². The molecule has 22 heavy (non-hydrogen) atoms. The molecule has 1 aromatic carbocycles. The lowest BCUT2D eigenvalue weighted by molar-refractivity contribution is 0.415. The number of aromatic nitrogens is 2. The van der Waals surface area contributed by atoms with Gasteiger partial charge in [0, 0.05) is 25.5 Å². The van der Waals surface area contributed by atoms with E-state index in [-0.39, 0.29) is 24.0 Å². The maximum Gasteiger partial charge on any atom is 0.193 e. The molecular formula is C15H22IN5O. The predicted octanol–water partition coefficient (Wildman–Crippen LogP) is 2.41. The van der Waals surface area contributed by atoms with Crippen LogP contribution in [0, 0.1) is 0 Å². The van der Waals surface area contributed by atoms with Gasteiger partial charge in [-0.25, -0.2) is 0 Å². The summed E-state index contributed by atoms with van der Waals surface area (Å²) in [5.41, 5.74) is 7.96. The number of nitrogens with two attached hydrogens (primary N) is 1. The van der Waals surface area contributed by atoms with Crippen LogP contribution in [0.3, 0.4) is 0 Å². The number of nitrogens with one attached hydrogen (secondary N) is 1. The maximum atomic E-state index is 5.85. The first-order chi connectivity index (χ1) is 10.2. The topological polar surface area (TPSA) is 77.5 Å². The number of nitrogens with zero attached hydrogens (tertiary/aromatic N) is 3. The summed E-state index contributed by atoms with van der Waals surface area (Å²) in [4.78, 5) is 4.31. The number of hydrogen-bond donors (Lipinski definition) is 2. The number of benzene rings is 1. The monoisotopic (exact) mass is 415 g/mol. The van der Waals surface area contributed by atoms with Crippen molar-refractivity contribution in [2.75, 3.05) is 19.0 Å². The molecule has 6 nitrogen and oxygen atoms in total. The number of guanidine groups is 1. The van der Waals surface area contributed by atoms with Crippen molar-refractivity contribution in [3.05, 3.63) is 42.2 Å². The molecule has 0 aliphatic heterocycles. The summed E-state index contributed by atoms with van der Waals surface area (Å²) in [6.07, 6.45) is 5.79. The number of aryl methyl sites for hydroxylation is 2. The fourth-order valence-corrected chi connectivity index (χ4v) is 1.95. The first-order valence-corrected chi connectivity index (χ1v) is 6.86. The van der Waals surface area contributed by atoms with Crippen molar-refractivity contribution >= 4 is 35.6 Å². The van der Waals surface area contributed by atoms with E-state index in [1.54, 1.807) is 11.8 Å². The molecule has 0 bridgehead atoms. The van der Waals surface area contributed by atoms with Gasteiger partial charge in [0.25, 0.3) is 0 Å². The highest BCUT2D eigenvalue weighted by molar-refractivity contribution is 14.0. The van der Waals surface area contributed by atoms with Crippen LogP contribution in [-0.4, -0.2) is 29.4 Å². The molecule has 0 radical (unpaired) electrons. The summed E-state index contributed by atoms with van der Waals surface area (Å²) in [5, 5.41) is 7.19. The van der Waals surface area contributed by atoms with Crippen LogP contribution in [0.5, 0.6) is 5.75 Å². The van der Waals surface area contributed by atoms with Gasteiger partial charge in [-0.2, -0.15) is 5.10 Å². The van der Waals surface area contributed by atoms with Crippen LogP contribution in [0.25, 0.3) is 0 Å². The Hall–Kier alpha value is -1.77. The van der Waals surface area contributed by atoms with Crippen LogP contribution in [-0.2, 0) is 13.5 Å². The molecule has 0 amide bonds. The highest BCUT2D eigenvalue weighted by Gasteiger charge is 1.98. The van der Waals surface area contributed by atoms with E-state index in [4.69, 9.17) is 10.5 Å². The Labute approximate surface area is 147 Å². The minimum absolute atomic E-state index is 0. The largest absolute Gasteiger partial charge is 0.497 e. The van der Waals surface area contributed by atoms with Crippen LogP contribution < -0.4 is 15.8 Å². The normalized spacial score (nSPS) is 10.9. The second-order valence-corrected chi connectivity index (χ2v) is 4.75. The Kier molecular flexibility index (Phi) is 7.72. The van der Waals surface area contributed by atoms with Crippen LogP contribution in [0.1, 0.15) is 12.0 Å². The minimum atomic E-state index is 0. The number of methoxy groups -OCH3 is 1. The van der Waals surface area contributed by atoms with Crippen LogP contribution in [0.2, 0.25) is 0 Å². The number of halogens is 1. The van der Waals surface area contributed by atoms with Crippen molar-refractivity contribution in [2.45, 2.75) is 12.8 Å². The van der Waals surface area contributed by atoms with E-state index in [2.05, 4.69) is 15.4 Å². The zero-order valence-electron chi connectivity index (χ0n) is 12.8. The van der Waals surface area contributed by atoms with E-state index in [1.165, 1.54) is 5.56 Å². The summed E-state index contributed by atoms with van der Waals surface area (Å²) in [7, 11) is 3.55. The van der Waals surface area contributed by atoms with Gasteiger partial charge in [-0.3, -0.25) is 9.67 Å². The molecule has 0 aliphatic carbocycles. The summed E-state index contributed by atoms with van der Waals surface area (Å²) < 4.78 is 6.91.